The molecule has 16 heavy (non-hydrogen) atoms. The van der Waals surface area contributed by atoms with Gasteiger partial charge in [-0.05, 0) is 37.7 Å². The molecule has 2 rings (SSSR count). The van der Waals surface area contributed by atoms with Gasteiger partial charge < -0.3 is 9.88 Å². The minimum atomic E-state index is -0.171. The summed E-state index contributed by atoms with van der Waals surface area (Å²) in [5, 5.41) is 4.41. The molecule has 2 aromatic rings. The molecule has 0 aliphatic carbocycles. The van der Waals surface area contributed by atoms with Gasteiger partial charge in [-0.1, -0.05) is 6.92 Å². The highest BCUT2D eigenvalue weighted by Crippen LogP contribution is 2.21. The molecule has 0 spiro atoms. The van der Waals surface area contributed by atoms with Crippen molar-refractivity contribution < 1.29 is 4.39 Å². The topological polar surface area (TPSA) is 17.0 Å². The molecule has 86 valence electrons. The number of aromatic nitrogens is 1. The summed E-state index contributed by atoms with van der Waals surface area (Å²) in [5.41, 5.74) is 2.19. The van der Waals surface area contributed by atoms with E-state index in [1.807, 2.05) is 6.07 Å². The molecule has 0 saturated carbocycles. The smallest absolute Gasteiger partial charge is 0.125 e. The van der Waals surface area contributed by atoms with Gasteiger partial charge >= 0.3 is 0 Å². The number of fused-ring (bicyclic) bond motifs is 1. The summed E-state index contributed by atoms with van der Waals surface area (Å²) < 4.78 is 15.3. The molecule has 1 aromatic heterocycles. The van der Waals surface area contributed by atoms with Gasteiger partial charge in [-0.25, -0.2) is 4.39 Å². The first-order chi connectivity index (χ1) is 7.76. The molecule has 1 heterocycles. The Morgan fingerprint density at radius 3 is 2.75 bits per heavy atom. The zero-order valence-corrected chi connectivity index (χ0v) is 9.76. The van der Waals surface area contributed by atoms with E-state index >= 15 is 0 Å². The summed E-state index contributed by atoms with van der Waals surface area (Å²) in [5.74, 6) is -0.171. The predicted molar refractivity (Wildman–Crippen MR) is 65.0 cm³/mol. The molecular formula is C13H17FN2. The van der Waals surface area contributed by atoms with Gasteiger partial charge in [0.05, 0.1) is 5.52 Å². The van der Waals surface area contributed by atoms with Crippen LogP contribution in [0.4, 0.5) is 4.39 Å². The van der Waals surface area contributed by atoms with E-state index in [2.05, 4.69) is 29.8 Å². The van der Waals surface area contributed by atoms with Crippen LogP contribution in [0.5, 0.6) is 0 Å². The van der Waals surface area contributed by atoms with Crippen LogP contribution in [0.3, 0.4) is 0 Å². The SMILES string of the molecule is CCNCc1cc2ccc(F)cc2n1CC. The monoisotopic (exact) mass is 220 g/mol. The number of halogens is 1. The van der Waals surface area contributed by atoms with Gasteiger partial charge in [0, 0.05) is 24.2 Å². The summed E-state index contributed by atoms with van der Waals surface area (Å²) >= 11 is 0. The number of hydrogen-bond donors (Lipinski definition) is 1. The highest BCUT2D eigenvalue weighted by molar-refractivity contribution is 5.81. The lowest BCUT2D eigenvalue weighted by atomic mass is 10.2. The van der Waals surface area contributed by atoms with Crippen molar-refractivity contribution in [1.82, 2.24) is 9.88 Å². The Balaban J connectivity index is 2.49. The third kappa shape index (κ3) is 1.95. The summed E-state index contributed by atoms with van der Waals surface area (Å²) in [6.45, 7) is 6.81. The predicted octanol–water partition coefficient (Wildman–Crippen LogP) is 2.91. The molecule has 3 heteroatoms. The molecule has 0 radical (unpaired) electrons. The van der Waals surface area contributed by atoms with E-state index in [4.69, 9.17) is 0 Å². The Bertz CT molecular complexity index is 488. The van der Waals surface area contributed by atoms with Crippen LogP contribution in [0.2, 0.25) is 0 Å². The lowest BCUT2D eigenvalue weighted by Gasteiger charge is -2.07. The first-order valence-corrected chi connectivity index (χ1v) is 5.74. The number of benzene rings is 1. The van der Waals surface area contributed by atoms with Crippen LogP contribution < -0.4 is 5.32 Å². The van der Waals surface area contributed by atoms with Crippen molar-refractivity contribution in [2.75, 3.05) is 6.54 Å². The average Bonchev–Trinajstić information content (AvgIpc) is 2.63. The van der Waals surface area contributed by atoms with Crippen LogP contribution >= 0.6 is 0 Å². The average molecular weight is 220 g/mol. The van der Waals surface area contributed by atoms with Crippen LogP contribution in [0.25, 0.3) is 10.9 Å². The van der Waals surface area contributed by atoms with Crippen molar-refractivity contribution in [2.45, 2.75) is 26.9 Å². The number of rotatable bonds is 4. The quantitative estimate of drug-likeness (QED) is 0.838. The minimum Gasteiger partial charge on any atom is -0.344 e. The normalized spacial score (nSPS) is 11.2. The largest absolute Gasteiger partial charge is 0.344 e. The van der Waals surface area contributed by atoms with Crippen molar-refractivity contribution in [2.24, 2.45) is 0 Å². The molecular weight excluding hydrogens is 203 g/mol. The number of hydrogen-bond acceptors (Lipinski definition) is 1. The Morgan fingerprint density at radius 2 is 2.06 bits per heavy atom. The Hall–Kier alpha value is -1.35. The number of nitrogens with zero attached hydrogens (tertiary/aromatic N) is 1. The van der Waals surface area contributed by atoms with Crippen LogP contribution in [0, 0.1) is 5.82 Å². The molecule has 0 aliphatic heterocycles. The molecule has 0 fully saturated rings. The molecule has 0 atom stereocenters. The fourth-order valence-electron chi connectivity index (χ4n) is 2.06. The van der Waals surface area contributed by atoms with Crippen molar-refractivity contribution in [1.29, 1.82) is 0 Å². The van der Waals surface area contributed by atoms with E-state index in [1.165, 1.54) is 11.8 Å². The van der Waals surface area contributed by atoms with E-state index < -0.39 is 0 Å². The summed E-state index contributed by atoms with van der Waals surface area (Å²) in [6, 6.07) is 7.08. The fourth-order valence-corrected chi connectivity index (χ4v) is 2.06. The molecule has 0 saturated heterocycles. The summed E-state index contributed by atoms with van der Waals surface area (Å²) in [7, 11) is 0. The maximum Gasteiger partial charge on any atom is 0.125 e. The molecule has 1 aromatic carbocycles. The first kappa shape index (κ1) is 11.1. The van der Waals surface area contributed by atoms with Crippen molar-refractivity contribution in [3.63, 3.8) is 0 Å². The van der Waals surface area contributed by atoms with Crippen LogP contribution in [0.1, 0.15) is 19.5 Å². The first-order valence-electron chi connectivity index (χ1n) is 5.74. The molecule has 2 nitrogen and oxygen atoms in total. The third-order valence-electron chi connectivity index (χ3n) is 2.82. The van der Waals surface area contributed by atoms with Crippen molar-refractivity contribution in [3.05, 3.63) is 35.8 Å². The van der Waals surface area contributed by atoms with Gasteiger partial charge in [-0.2, -0.15) is 0 Å². The second-order valence-corrected chi connectivity index (χ2v) is 3.86. The van der Waals surface area contributed by atoms with Crippen molar-refractivity contribution >= 4 is 10.9 Å². The number of nitrogens with one attached hydrogen (secondary N) is 1. The fraction of sp³-hybridized carbons (Fsp3) is 0.385. The molecule has 0 bridgehead atoms. The maximum absolute atomic E-state index is 13.2. The zero-order chi connectivity index (χ0) is 11.5. The van der Waals surface area contributed by atoms with Gasteiger partial charge in [-0.15, -0.1) is 0 Å². The maximum atomic E-state index is 13.2. The van der Waals surface area contributed by atoms with Gasteiger partial charge in [0.25, 0.3) is 0 Å². The number of aryl methyl sites for hydroxylation is 1. The Kier molecular flexibility index (Phi) is 3.25. The Morgan fingerprint density at radius 1 is 1.25 bits per heavy atom. The highest BCUT2D eigenvalue weighted by Gasteiger charge is 2.07. The van der Waals surface area contributed by atoms with Gasteiger partial charge in [0.15, 0.2) is 0 Å². The molecule has 0 aliphatic rings. The van der Waals surface area contributed by atoms with E-state index in [1.54, 1.807) is 6.07 Å². The van der Waals surface area contributed by atoms with Gasteiger partial charge in [0.1, 0.15) is 5.82 Å². The second kappa shape index (κ2) is 4.66. The van der Waals surface area contributed by atoms with Crippen LogP contribution in [0.15, 0.2) is 24.3 Å². The van der Waals surface area contributed by atoms with E-state index in [0.717, 1.165) is 30.5 Å². The highest BCUT2D eigenvalue weighted by atomic mass is 19.1. The Labute approximate surface area is 95.1 Å². The van der Waals surface area contributed by atoms with Gasteiger partial charge in [-0.3, -0.25) is 0 Å². The standard InChI is InChI=1S/C13H17FN2/c1-3-15-9-12-7-10-5-6-11(14)8-13(10)16(12)4-2/h5-8,15H,3-4,9H2,1-2H3. The molecule has 0 amide bonds. The van der Waals surface area contributed by atoms with Gasteiger partial charge in [0.2, 0.25) is 0 Å². The lowest BCUT2D eigenvalue weighted by Crippen LogP contribution is -2.15. The summed E-state index contributed by atoms with van der Waals surface area (Å²) in [6.07, 6.45) is 0. The van der Waals surface area contributed by atoms with E-state index in [-0.39, 0.29) is 5.82 Å². The van der Waals surface area contributed by atoms with Crippen molar-refractivity contribution in [3.8, 4) is 0 Å². The lowest BCUT2D eigenvalue weighted by molar-refractivity contribution is 0.625. The molecule has 1 N–H and O–H groups in total. The minimum absolute atomic E-state index is 0.171. The third-order valence-corrected chi connectivity index (χ3v) is 2.82. The van der Waals surface area contributed by atoms with E-state index in [0.29, 0.717) is 0 Å². The molecule has 0 unspecified atom stereocenters. The second-order valence-electron chi connectivity index (χ2n) is 3.86. The van der Waals surface area contributed by atoms with Crippen LogP contribution in [-0.2, 0) is 13.1 Å². The zero-order valence-electron chi connectivity index (χ0n) is 9.76. The summed E-state index contributed by atoms with van der Waals surface area (Å²) in [4.78, 5) is 0. The van der Waals surface area contributed by atoms with E-state index in [9.17, 15) is 4.39 Å². The van der Waals surface area contributed by atoms with Crippen LogP contribution in [-0.4, -0.2) is 11.1 Å².